The Balaban J connectivity index is 2.11. The van der Waals surface area contributed by atoms with E-state index >= 15 is 0 Å². The van der Waals surface area contributed by atoms with E-state index in [4.69, 9.17) is 10.5 Å². The van der Waals surface area contributed by atoms with E-state index in [1.807, 2.05) is 30.3 Å². The van der Waals surface area contributed by atoms with Gasteiger partial charge in [-0.1, -0.05) is 15.9 Å². The molecule has 2 N–H and O–H groups in total. The van der Waals surface area contributed by atoms with Crippen LogP contribution in [0, 0.1) is 0 Å². The molecular formula is C14H11BrN2OS. The third-order valence-corrected chi connectivity index (χ3v) is 4.39. The molecular weight excluding hydrogens is 324 g/mol. The lowest BCUT2D eigenvalue weighted by molar-refractivity contribution is 0.417. The number of benzene rings is 2. The van der Waals surface area contributed by atoms with E-state index in [1.54, 1.807) is 18.4 Å². The fourth-order valence-electron chi connectivity index (χ4n) is 1.89. The first-order valence-electron chi connectivity index (χ1n) is 5.67. The Bertz CT molecular complexity index is 754. The molecule has 0 saturated carbocycles. The predicted octanol–water partition coefficient (Wildman–Crippen LogP) is 4.32. The van der Waals surface area contributed by atoms with Crippen molar-refractivity contribution in [3.05, 3.63) is 40.9 Å². The number of nitrogens with two attached hydrogens (primary N) is 1. The highest BCUT2D eigenvalue weighted by molar-refractivity contribution is 9.10. The van der Waals surface area contributed by atoms with Crippen molar-refractivity contribution in [3.8, 4) is 16.3 Å². The van der Waals surface area contributed by atoms with Gasteiger partial charge in [-0.05, 0) is 36.4 Å². The Hall–Kier alpha value is -1.59. The van der Waals surface area contributed by atoms with Gasteiger partial charge in [0, 0.05) is 10.0 Å². The second-order valence-corrected chi connectivity index (χ2v) is 6.03. The summed E-state index contributed by atoms with van der Waals surface area (Å²) in [4.78, 5) is 4.62. The summed E-state index contributed by atoms with van der Waals surface area (Å²) in [6, 6.07) is 11.8. The number of nitrogens with zero attached hydrogens (tertiary/aromatic N) is 1. The molecule has 3 nitrogen and oxygen atoms in total. The first-order chi connectivity index (χ1) is 9.17. The molecule has 0 aliphatic carbocycles. The summed E-state index contributed by atoms with van der Waals surface area (Å²) in [6.45, 7) is 0. The molecule has 1 aromatic heterocycles. The molecule has 0 amide bonds. The molecule has 0 radical (unpaired) electrons. The normalized spacial score (nSPS) is 10.8. The topological polar surface area (TPSA) is 48.1 Å². The van der Waals surface area contributed by atoms with E-state index < -0.39 is 0 Å². The Morgan fingerprint density at radius 2 is 2.05 bits per heavy atom. The Morgan fingerprint density at radius 3 is 2.79 bits per heavy atom. The Labute approximate surface area is 123 Å². The van der Waals surface area contributed by atoms with E-state index in [0.29, 0.717) is 11.4 Å². The van der Waals surface area contributed by atoms with Crippen LogP contribution in [-0.2, 0) is 0 Å². The maximum atomic E-state index is 5.93. The van der Waals surface area contributed by atoms with Crippen LogP contribution in [0.15, 0.2) is 40.9 Å². The summed E-state index contributed by atoms with van der Waals surface area (Å²) in [6.07, 6.45) is 0. The number of anilines is 1. The summed E-state index contributed by atoms with van der Waals surface area (Å²) >= 11 is 5.12. The Kier molecular flexibility index (Phi) is 3.16. The summed E-state index contributed by atoms with van der Waals surface area (Å²) in [5, 5.41) is 0.961. The SMILES string of the molecule is COc1ccc(-c2nc3ccc(Br)cc3s2)cc1N. The van der Waals surface area contributed by atoms with Gasteiger partial charge in [0.15, 0.2) is 0 Å². The fraction of sp³-hybridized carbons (Fsp3) is 0.0714. The summed E-state index contributed by atoms with van der Waals surface area (Å²) in [5.41, 5.74) is 8.56. The molecule has 5 heteroatoms. The van der Waals surface area contributed by atoms with Crippen molar-refractivity contribution in [2.24, 2.45) is 0 Å². The zero-order chi connectivity index (χ0) is 13.4. The molecule has 19 heavy (non-hydrogen) atoms. The van der Waals surface area contributed by atoms with Crippen molar-refractivity contribution in [1.29, 1.82) is 0 Å². The number of halogens is 1. The van der Waals surface area contributed by atoms with Crippen LogP contribution in [0.4, 0.5) is 5.69 Å². The summed E-state index contributed by atoms with van der Waals surface area (Å²) in [7, 11) is 1.61. The van der Waals surface area contributed by atoms with Crippen molar-refractivity contribution in [2.45, 2.75) is 0 Å². The van der Waals surface area contributed by atoms with Crippen molar-refractivity contribution in [2.75, 3.05) is 12.8 Å². The van der Waals surface area contributed by atoms with Crippen LogP contribution in [0.3, 0.4) is 0 Å². The molecule has 3 rings (SSSR count). The highest BCUT2D eigenvalue weighted by Gasteiger charge is 2.08. The molecule has 0 fully saturated rings. The number of hydrogen-bond acceptors (Lipinski definition) is 4. The first-order valence-corrected chi connectivity index (χ1v) is 7.28. The van der Waals surface area contributed by atoms with Crippen LogP contribution in [0.5, 0.6) is 5.75 Å². The molecule has 0 spiro atoms. The zero-order valence-electron chi connectivity index (χ0n) is 10.2. The lowest BCUT2D eigenvalue weighted by atomic mass is 10.2. The predicted molar refractivity (Wildman–Crippen MR) is 83.7 cm³/mol. The van der Waals surface area contributed by atoms with Crippen LogP contribution in [0.25, 0.3) is 20.8 Å². The lowest BCUT2D eigenvalue weighted by Gasteiger charge is -2.04. The van der Waals surface area contributed by atoms with Crippen LogP contribution >= 0.6 is 27.3 Å². The van der Waals surface area contributed by atoms with Gasteiger partial charge in [0.25, 0.3) is 0 Å². The maximum Gasteiger partial charge on any atom is 0.141 e. The molecule has 1 heterocycles. The van der Waals surface area contributed by atoms with Crippen molar-refractivity contribution in [1.82, 2.24) is 4.98 Å². The van der Waals surface area contributed by atoms with Gasteiger partial charge in [-0.25, -0.2) is 4.98 Å². The number of nitrogen functional groups attached to an aromatic ring is 1. The monoisotopic (exact) mass is 334 g/mol. The second kappa shape index (κ2) is 4.83. The van der Waals surface area contributed by atoms with Crippen LogP contribution in [0.2, 0.25) is 0 Å². The number of aromatic nitrogens is 1. The minimum absolute atomic E-state index is 0.625. The lowest BCUT2D eigenvalue weighted by Crippen LogP contribution is -1.92. The summed E-state index contributed by atoms with van der Waals surface area (Å²) in [5.74, 6) is 0.688. The Morgan fingerprint density at radius 1 is 1.21 bits per heavy atom. The van der Waals surface area contributed by atoms with Gasteiger partial charge in [-0.15, -0.1) is 11.3 Å². The van der Waals surface area contributed by atoms with E-state index in [1.165, 1.54) is 0 Å². The number of thiazole rings is 1. The van der Waals surface area contributed by atoms with Gasteiger partial charge in [-0.2, -0.15) is 0 Å². The molecule has 0 bridgehead atoms. The first kappa shape index (κ1) is 12.4. The quantitative estimate of drug-likeness (QED) is 0.710. The second-order valence-electron chi connectivity index (χ2n) is 4.09. The minimum atomic E-state index is 0.625. The highest BCUT2D eigenvalue weighted by Crippen LogP contribution is 2.34. The third-order valence-electron chi connectivity index (χ3n) is 2.83. The number of methoxy groups -OCH3 is 1. The average Bonchev–Trinajstić information content (AvgIpc) is 2.81. The van der Waals surface area contributed by atoms with E-state index in [2.05, 4.69) is 27.0 Å². The molecule has 0 saturated heterocycles. The maximum absolute atomic E-state index is 5.93. The van der Waals surface area contributed by atoms with Gasteiger partial charge in [0.2, 0.25) is 0 Å². The van der Waals surface area contributed by atoms with Crippen molar-refractivity contribution >= 4 is 43.2 Å². The largest absolute Gasteiger partial charge is 0.495 e. The van der Waals surface area contributed by atoms with Gasteiger partial charge in [0.1, 0.15) is 10.8 Å². The number of fused-ring (bicyclic) bond motifs is 1. The number of hydrogen-bond donors (Lipinski definition) is 1. The molecule has 2 aromatic carbocycles. The fourth-order valence-corrected chi connectivity index (χ4v) is 3.40. The van der Waals surface area contributed by atoms with Crippen molar-refractivity contribution in [3.63, 3.8) is 0 Å². The minimum Gasteiger partial charge on any atom is -0.495 e. The van der Waals surface area contributed by atoms with E-state index in [9.17, 15) is 0 Å². The van der Waals surface area contributed by atoms with E-state index in [-0.39, 0.29) is 0 Å². The number of ether oxygens (including phenoxy) is 1. The standard InChI is InChI=1S/C14H11BrN2OS/c1-18-12-5-2-8(6-10(12)16)14-17-11-4-3-9(15)7-13(11)19-14/h2-7H,16H2,1H3. The van der Waals surface area contributed by atoms with Crippen LogP contribution in [0.1, 0.15) is 0 Å². The smallest absolute Gasteiger partial charge is 0.141 e. The van der Waals surface area contributed by atoms with Crippen LogP contribution < -0.4 is 10.5 Å². The zero-order valence-corrected chi connectivity index (χ0v) is 12.6. The third kappa shape index (κ3) is 2.31. The van der Waals surface area contributed by atoms with Gasteiger partial charge >= 0.3 is 0 Å². The summed E-state index contributed by atoms with van der Waals surface area (Å²) < 4.78 is 7.37. The van der Waals surface area contributed by atoms with E-state index in [0.717, 1.165) is 25.3 Å². The van der Waals surface area contributed by atoms with Crippen LogP contribution in [-0.4, -0.2) is 12.1 Å². The molecule has 0 aliphatic heterocycles. The molecule has 3 aromatic rings. The van der Waals surface area contributed by atoms with Gasteiger partial charge < -0.3 is 10.5 Å². The highest BCUT2D eigenvalue weighted by atomic mass is 79.9. The van der Waals surface area contributed by atoms with Gasteiger partial charge in [0.05, 0.1) is 23.0 Å². The average molecular weight is 335 g/mol. The molecule has 0 unspecified atom stereocenters. The number of rotatable bonds is 2. The molecule has 0 atom stereocenters. The molecule has 0 aliphatic rings. The molecule has 96 valence electrons. The van der Waals surface area contributed by atoms with Gasteiger partial charge in [-0.3, -0.25) is 0 Å². The van der Waals surface area contributed by atoms with Crippen molar-refractivity contribution < 1.29 is 4.74 Å².